The lowest BCUT2D eigenvalue weighted by Gasteiger charge is -2.32. The maximum Gasteiger partial charge on any atom is 0.327 e. The smallest absolute Gasteiger partial charge is 0.327 e. The summed E-state index contributed by atoms with van der Waals surface area (Å²) in [7, 11) is -3.40. The predicted octanol–water partition coefficient (Wildman–Crippen LogP) is 0.943. The third-order valence-electron chi connectivity index (χ3n) is 3.53. The molecule has 0 aromatic carbocycles. The van der Waals surface area contributed by atoms with Crippen LogP contribution in [0.1, 0.15) is 27.0 Å². The van der Waals surface area contributed by atoms with Gasteiger partial charge in [-0.1, -0.05) is 6.92 Å². The number of aliphatic carboxylic acids is 1. The van der Waals surface area contributed by atoms with Crippen LogP contribution in [0.5, 0.6) is 0 Å². The normalized spacial score (nSPS) is 21.2. The Morgan fingerprint density at radius 3 is 2.67 bits per heavy atom. The van der Waals surface area contributed by atoms with Crippen LogP contribution in [0.2, 0.25) is 0 Å². The van der Waals surface area contributed by atoms with Crippen LogP contribution in [0.15, 0.2) is 6.07 Å². The molecule has 1 saturated heterocycles. The van der Waals surface area contributed by atoms with E-state index in [1.165, 1.54) is 11.3 Å². The van der Waals surface area contributed by atoms with Gasteiger partial charge >= 0.3 is 5.97 Å². The van der Waals surface area contributed by atoms with E-state index in [4.69, 9.17) is 0 Å². The van der Waals surface area contributed by atoms with Crippen molar-refractivity contribution in [3.63, 3.8) is 0 Å². The molecule has 1 amide bonds. The second kappa shape index (κ2) is 5.76. The molecule has 0 aliphatic carbocycles. The number of hydrogen-bond acceptors (Lipinski definition) is 5. The van der Waals surface area contributed by atoms with E-state index in [1.807, 2.05) is 13.8 Å². The molecule has 2 rings (SSSR count). The quantitative estimate of drug-likeness (QED) is 0.890. The minimum Gasteiger partial charge on any atom is -0.480 e. The Labute approximate surface area is 127 Å². The molecular formula is C13H17NO5S2. The summed E-state index contributed by atoms with van der Waals surface area (Å²) < 4.78 is 23.2. The van der Waals surface area contributed by atoms with E-state index in [0.717, 1.165) is 21.8 Å². The largest absolute Gasteiger partial charge is 0.480 e. The molecule has 0 radical (unpaired) electrons. The van der Waals surface area contributed by atoms with Crippen molar-refractivity contribution in [3.05, 3.63) is 21.4 Å². The molecule has 116 valence electrons. The first kappa shape index (κ1) is 16.0. The van der Waals surface area contributed by atoms with Gasteiger partial charge in [-0.15, -0.1) is 11.3 Å². The minimum atomic E-state index is -3.40. The van der Waals surface area contributed by atoms with E-state index in [2.05, 4.69) is 0 Å². The van der Waals surface area contributed by atoms with Crippen LogP contribution in [0.3, 0.4) is 0 Å². The second-order valence-corrected chi connectivity index (χ2v) is 8.40. The number of aryl methyl sites for hydroxylation is 2. The first-order valence-electron chi connectivity index (χ1n) is 6.58. The van der Waals surface area contributed by atoms with Crippen molar-refractivity contribution in [2.24, 2.45) is 0 Å². The summed E-state index contributed by atoms with van der Waals surface area (Å²) in [6.07, 6.45) is 0.806. The van der Waals surface area contributed by atoms with Crippen LogP contribution in [0, 0.1) is 6.92 Å². The van der Waals surface area contributed by atoms with Crippen molar-refractivity contribution in [3.8, 4) is 0 Å². The fourth-order valence-corrected chi connectivity index (χ4v) is 4.89. The number of carbonyl (C=O) groups excluding carboxylic acids is 1. The molecule has 1 N–H and O–H groups in total. The average molecular weight is 331 g/mol. The van der Waals surface area contributed by atoms with Gasteiger partial charge in [-0.2, -0.15) is 0 Å². The predicted molar refractivity (Wildman–Crippen MR) is 79.5 cm³/mol. The molecule has 1 fully saturated rings. The number of thiophene rings is 1. The Kier molecular flexibility index (Phi) is 4.38. The fraction of sp³-hybridized carbons (Fsp3) is 0.538. The number of carbonyl (C=O) groups is 2. The molecule has 1 aliphatic rings. The van der Waals surface area contributed by atoms with Gasteiger partial charge in [-0.05, 0) is 25.0 Å². The van der Waals surface area contributed by atoms with E-state index in [0.29, 0.717) is 4.88 Å². The van der Waals surface area contributed by atoms with Gasteiger partial charge in [-0.3, -0.25) is 4.79 Å². The number of amides is 1. The molecular weight excluding hydrogens is 314 g/mol. The zero-order valence-electron chi connectivity index (χ0n) is 11.8. The molecule has 8 heteroatoms. The maximum absolute atomic E-state index is 12.5. The van der Waals surface area contributed by atoms with Crippen LogP contribution in [0.4, 0.5) is 0 Å². The summed E-state index contributed by atoms with van der Waals surface area (Å²) in [6.45, 7) is 3.82. The van der Waals surface area contributed by atoms with Gasteiger partial charge in [0.05, 0.1) is 16.4 Å². The number of rotatable bonds is 3. The van der Waals surface area contributed by atoms with Crippen LogP contribution in [0.25, 0.3) is 0 Å². The molecule has 1 aromatic rings. The molecule has 1 aromatic heterocycles. The van der Waals surface area contributed by atoms with Gasteiger partial charge in [-0.25, -0.2) is 13.2 Å². The number of hydrogen-bond donors (Lipinski definition) is 1. The lowest BCUT2D eigenvalue weighted by Crippen LogP contribution is -2.54. The Balaban J connectivity index is 2.30. The Morgan fingerprint density at radius 1 is 1.48 bits per heavy atom. The van der Waals surface area contributed by atoms with Gasteiger partial charge in [0.15, 0.2) is 9.84 Å². The van der Waals surface area contributed by atoms with Crippen molar-refractivity contribution in [2.45, 2.75) is 26.3 Å². The highest BCUT2D eigenvalue weighted by atomic mass is 32.2. The molecule has 0 spiro atoms. The highest BCUT2D eigenvalue weighted by Crippen LogP contribution is 2.25. The first-order chi connectivity index (χ1) is 9.75. The number of nitrogens with zero attached hydrogens (tertiary/aromatic N) is 1. The molecule has 0 bridgehead atoms. The monoisotopic (exact) mass is 331 g/mol. The van der Waals surface area contributed by atoms with E-state index in [9.17, 15) is 23.1 Å². The van der Waals surface area contributed by atoms with Crippen molar-refractivity contribution in [2.75, 3.05) is 18.1 Å². The highest BCUT2D eigenvalue weighted by molar-refractivity contribution is 7.91. The van der Waals surface area contributed by atoms with E-state index < -0.39 is 33.5 Å². The first-order valence-corrected chi connectivity index (χ1v) is 9.22. The molecule has 2 heterocycles. The number of carboxylic acids is 1. The summed E-state index contributed by atoms with van der Waals surface area (Å²) in [5.41, 5.74) is 1.00. The standard InChI is InChI=1S/C13H17NO5S2/c1-3-10-8(2)6-11(20-10)12(15)14-4-5-21(18,19)7-9(14)13(16)17/h6,9H,3-5,7H2,1-2H3,(H,16,17). The third-order valence-corrected chi connectivity index (χ3v) is 6.53. The third kappa shape index (κ3) is 3.26. The summed E-state index contributed by atoms with van der Waals surface area (Å²) in [5.74, 6) is -2.38. The minimum absolute atomic E-state index is 0.0729. The lowest BCUT2D eigenvalue weighted by atomic mass is 10.2. The van der Waals surface area contributed by atoms with Gasteiger partial charge in [0.1, 0.15) is 6.04 Å². The van der Waals surface area contributed by atoms with Crippen LogP contribution < -0.4 is 0 Å². The van der Waals surface area contributed by atoms with Gasteiger partial charge < -0.3 is 10.0 Å². The van der Waals surface area contributed by atoms with Gasteiger partial charge in [0.25, 0.3) is 5.91 Å². The molecule has 0 saturated carbocycles. The highest BCUT2D eigenvalue weighted by Gasteiger charge is 2.39. The number of sulfone groups is 1. The summed E-state index contributed by atoms with van der Waals surface area (Å²) >= 11 is 1.34. The topological polar surface area (TPSA) is 91.8 Å². The van der Waals surface area contributed by atoms with E-state index in [1.54, 1.807) is 6.07 Å². The molecule has 21 heavy (non-hydrogen) atoms. The molecule has 1 atom stereocenters. The average Bonchev–Trinajstić information content (AvgIpc) is 2.78. The van der Waals surface area contributed by atoms with E-state index >= 15 is 0 Å². The molecule has 6 nitrogen and oxygen atoms in total. The van der Waals surface area contributed by atoms with Crippen LogP contribution in [-0.4, -0.2) is 54.4 Å². The zero-order chi connectivity index (χ0) is 15.8. The Bertz CT molecular complexity index is 677. The van der Waals surface area contributed by atoms with E-state index in [-0.39, 0.29) is 12.3 Å². The fourth-order valence-electron chi connectivity index (χ4n) is 2.37. The Hall–Kier alpha value is -1.41. The SMILES string of the molecule is CCc1sc(C(=O)N2CCS(=O)(=O)CC2C(=O)O)cc1C. The Morgan fingerprint density at radius 2 is 2.14 bits per heavy atom. The van der Waals surface area contributed by atoms with Crippen molar-refractivity contribution in [1.82, 2.24) is 4.90 Å². The zero-order valence-corrected chi connectivity index (χ0v) is 13.5. The van der Waals surface area contributed by atoms with Crippen molar-refractivity contribution in [1.29, 1.82) is 0 Å². The lowest BCUT2D eigenvalue weighted by molar-refractivity contribution is -0.141. The van der Waals surface area contributed by atoms with Crippen LogP contribution in [-0.2, 0) is 21.1 Å². The molecule has 1 aliphatic heterocycles. The summed E-state index contributed by atoms with van der Waals surface area (Å²) in [5, 5.41) is 9.19. The molecule has 1 unspecified atom stereocenters. The van der Waals surface area contributed by atoms with Crippen molar-refractivity contribution < 1.29 is 23.1 Å². The second-order valence-electron chi connectivity index (χ2n) is 5.04. The number of carboxylic acid groups (broad SMARTS) is 1. The van der Waals surface area contributed by atoms with Crippen LogP contribution >= 0.6 is 11.3 Å². The van der Waals surface area contributed by atoms with Gasteiger partial charge in [0, 0.05) is 11.4 Å². The summed E-state index contributed by atoms with van der Waals surface area (Å²) in [6, 6.07) is 0.442. The van der Waals surface area contributed by atoms with Gasteiger partial charge in [0.2, 0.25) is 0 Å². The van der Waals surface area contributed by atoms with Crippen molar-refractivity contribution >= 4 is 33.1 Å². The maximum atomic E-state index is 12.5. The summed E-state index contributed by atoms with van der Waals surface area (Å²) in [4.78, 5) is 26.5.